The van der Waals surface area contributed by atoms with Gasteiger partial charge in [0.1, 0.15) is 0 Å². The van der Waals surface area contributed by atoms with Crippen LogP contribution in [0.2, 0.25) is 0 Å². The van der Waals surface area contributed by atoms with Gasteiger partial charge in [0.25, 0.3) is 0 Å². The molecule has 1 saturated carbocycles. The standard InChI is InChI=1S/C15H22N2/c1-2-5-13(6-3-1)15(9-10-15)17-14-7-4-11-16-12-8-14/h1-3,5-6,14,16-17H,4,7-12H2. The first-order chi connectivity index (χ1) is 8.39. The largest absolute Gasteiger partial charge is 0.317 e. The van der Waals surface area contributed by atoms with Gasteiger partial charge >= 0.3 is 0 Å². The third-order valence-electron chi connectivity index (χ3n) is 4.13. The minimum Gasteiger partial charge on any atom is -0.317 e. The van der Waals surface area contributed by atoms with E-state index in [9.17, 15) is 0 Å². The highest BCUT2D eigenvalue weighted by Crippen LogP contribution is 2.46. The summed E-state index contributed by atoms with van der Waals surface area (Å²) in [7, 11) is 0. The zero-order chi connectivity index (χ0) is 11.6. The lowest BCUT2D eigenvalue weighted by Gasteiger charge is -2.25. The molecule has 0 bridgehead atoms. The van der Waals surface area contributed by atoms with Crippen molar-refractivity contribution in [3.63, 3.8) is 0 Å². The molecule has 1 aliphatic heterocycles. The molecule has 2 heteroatoms. The molecule has 2 aliphatic rings. The van der Waals surface area contributed by atoms with Gasteiger partial charge in [0.2, 0.25) is 0 Å². The van der Waals surface area contributed by atoms with Crippen LogP contribution in [0.25, 0.3) is 0 Å². The Morgan fingerprint density at radius 2 is 1.88 bits per heavy atom. The summed E-state index contributed by atoms with van der Waals surface area (Å²) in [6.07, 6.45) is 6.51. The summed E-state index contributed by atoms with van der Waals surface area (Å²) in [5.74, 6) is 0. The second-order valence-electron chi connectivity index (χ2n) is 5.47. The van der Waals surface area contributed by atoms with Gasteiger partial charge in [-0.1, -0.05) is 30.3 Å². The SMILES string of the molecule is c1ccc(C2(NC3CCCNCC3)CC2)cc1. The van der Waals surface area contributed by atoms with Gasteiger partial charge in [-0.2, -0.15) is 0 Å². The normalized spacial score (nSPS) is 27.4. The molecule has 92 valence electrons. The Balaban J connectivity index is 1.68. The highest BCUT2D eigenvalue weighted by molar-refractivity contribution is 5.30. The second kappa shape index (κ2) is 4.79. The molecule has 1 atom stereocenters. The molecule has 0 aromatic heterocycles. The molecule has 1 aliphatic carbocycles. The Morgan fingerprint density at radius 1 is 1.06 bits per heavy atom. The van der Waals surface area contributed by atoms with Crippen LogP contribution >= 0.6 is 0 Å². The van der Waals surface area contributed by atoms with Crippen LogP contribution in [0.3, 0.4) is 0 Å². The molecule has 2 nitrogen and oxygen atoms in total. The van der Waals surface area contributed by atoms with Crippen molar-refractivity contribution >= 4 is 0 Å². The van der Waals surface area contributed by atoms with Crippen molar-refractivity contribution in [2.75, 3.05) is 13.1 Å². The van der Waals surface area contributed by atoms with Crippen molar-refractivity contribution in [3.05, 3.63) is 35.9 Å². The van der Waals surface area contributed by atoms with Crippen LogP contribution in [0.1, 0.15) is 37.7 Å². The summed E-state index contributed by atoms with van der Waals surface area (Å²) >= 11 is 0. The summed E-state index contributed by atoms with van der Waals surface area (Å²) < 4.78 is 0. The first-order valence-corrected chi connectivity index (χ1v) is 6.93. The first kappa shape index (κ1) is 11.2. The molecule has 1 aromatic rings. The highest BCUT2D eigenvalue weighted by Gasteiger charge is 2.45. The lowest BCUT2D eigenvalue weighted by Crippen LogP contribution is -2.38. The third kappa shape index (κ3) is 2.53. The maximum atomic E-state index is 3.92. The van der Waals surface area contributed by atoms with Crippen LogP contribution in [-0.4, -0.2) is 19.1 Å². The molecule has 17 heavy (non-hydrogen) atoms. The van der Waals surface area contributed by atoms with Gasteiger partial charge in [0.05, 0.1) is 0 Å². The minimum absolute atomic E-state index is 0.316. The molecule has 2 fully saturated rings. The van der Waals surface area contributed by atoms with Crippen LogP contribution in [0.15, 0.2) is 30.3 Å². The molecular weight excluding hydrogens is 208 g/mol. The van der Waals surface area contributed by atoms with Crippen molar-refractivity contribution in [1.82, 2.24) is 10.6 Å². The van der Waals surface area contributed by atoms with Crippen LogP contribution in [0, 0.1) is 0 Å². The fourth-order valence-electron chi connectivity index (χ4n) is 2.95. The predicted octanol–water partition coefficient (Wildman–Crippen LogP) is 2.41. The number of benzene rings is 1. The lowest BCUT2D eigenvalue weighted by atomic mass is 10.0. The van der Waals surface area contributed by atoms with E-state index < -0.39 is 0 Å². The molecule has 1 saturated heterocycles. The molecule has 3 rings (SSSR count). The minimum atomic E-state index is 0.316. The molecule has 0 spiro atoms. The first-order valence-electron chi connectivity index (χ1n) is 6.93. The number of hydrogen-bond donors (Lipinski definition) is 2. The van der Waals surface area contributed by atoms with E-state index in [1.54, 1.807) is 0 Å². The van der Waals surface area contributed by atoms with E-state index in [1.807, 2.05) is 0 Å². The quantitative estimate of drug-likeness (QED) is 0.833. The Labute approximate surface area is 104 Å². The summed E-state index contributed by atoms with van der Waals surface area (Å²) in [5.41, 5.74) is 1.80. The van der Waals surface area contributed by atoms with Gasteiger partial charge in [-0.3, -0.25) is 0 Å². The molecule has 2 N–H and O–H groups in total. The molecular formula is C15H22N2. The topological polar surface area (TPSA) is 24.1 Å². The van der Waals surface area contributed by atoms with Crippen molar-refractivity contribution < 1.29 is 0 Å². The van der Waals surface area contributed by atoms with E-state index in [4.69, 9.17) is 0 Å². The summed E-state index contributed by atoms with van der Waals surface area (Å²) in [5, 5.41) is 7.41. The van der Waals surface area contributed by atoms with Crippen LogP contribution in [0.5, 0.6) is 0 Å². The molecule has 1 unspecified atom stereocenters. The van der Waals surface area contributed by atoms with E-state index >= 15 is 0 Å². The Kier molecular flexibility index (Phi) is 3.17. The molecule has 1 heterocycles. The average Bonchev–Trinajstić information content (AvgIpc) is 3.17. The molecule has 1 aromatic carbocycles. The van der Waals surface area contributed by atoms with Crippen molar-refractivity contribution in [3.8, 4) is 0 Å². The van der Waals surface area contributed by atoms with Gasteiger partial charge in [-0.25, -0.2) is 0 Å². The van der Waals surface area contributed by atoms with Gasteiger partial charge in [0.15, 0.2) is 0 Å². The Bertz CT molecular complexity index is 348. The van der Waals surface area contributed by atoms with Crippen LogP contribution < -0.4 is 10.6 Å². The van der Waals surface area contributed by atoms with Crippen molar-refractivity contribution in [1.29, 1.82) is 0 Å². The molecule has 0 radical (unpaired) electrons. The Hall–Kier alpha value is -0.860. The van der Waals surface area contributed by atoms with Crippen LogP contribution in [0.4, 0.5) is 0 Å². The van der Waals surface area contributed by atoms with E-state index in [-0.39, 0.29) is 0 Å². The number of hydrogen-bond acceptors (Lipinski definition) is 2. The fraction of sp³-hybridized carbons (Fsp3) is 0.600. The predicted molar refractivity (Wildman–Crippen MR) is 71.0 cm³/mol. The highest BCUT2D eigenvalue weighted by atomic mass is 15.1. The molecule has 0 amide bonds. The zero-order valence-electron chi connectivity index (χ0n) is 10.4. The van der Waals surface area contributed by atoms with Gasteiger partial charge in [-0.15, -0.1) is 0 Å². The fourth-order valence-corrected chi connectivity index (χ4v) is 2.95. The summed E-state index contributed by atoms with van der Waals surface area (Å²) in [4.78, 5) is 0. The maximum Gasteiger partial charge on any atom is 0.0438 e. The van der Waals surface area contributed by atoms with E-state index in [0.29, 0.717) is 11.6 Å². The van der Waals surface area contributed by atoms with E-state index in [2.05, 4.69) is 41.0 Å². The zero-order valence-corrected chi connectivity index (χ0v) is 10.4. The Morgan fingerprint density at radius 3 is 2.65 bits per heavy atom. The smallest absolute Gasteiger partial charge is 0.0438 e. The third-order valence-corrected chi connectivity index (χ3v) is 4.13. The van der Waals surface area contributed by atoms with Gasteiger partial charge in [0, 0.05) is 11.6 Å². The van der Waals surface area contributed by atoms with Gasteiger partial charge < -0.3 is 10.6 Å². The van der Waals surface area contributed by atoms with Crippen LogP contribution in [-0.2, 0) is 5.54 Å². The van der Waals surface area contributed by atoms with Gasteiger partial charge in [-0.05, 0) is 50.8 Å². The van der Waals surface area contributed by atoms with E-state index in [0.717, 1.165) is 0 Å². The van der Waals surface area contributed by atoms with Crippen molar-refractivity contribution in [2.24, 2.45) is 0 Å². The monoisotopic (exact) mass is 230 g/mol. The summed E-state index contributed by atoms with van der Waals surface area (Å²) in [6.45, 7) is 2.36. The second-order valence-corrected chi connectivity index (χ2v) is 5.47. The van der Waals surface area contributed by atoms with E-state index in [1.165, 1.54) is 50.8 Å². The number of rotatable bonds is 3. The van der Waals surface area contributed by atoms with Crippen molar-refractivity contribution in [2.45, 2.75) is 43.7 Å². The lowest BCUT2D eigenvalue weighted by molar-refractivity contribution is 0.391. The average molecular weight is 230 g/mol. The summed E-state index contributed by atoms with van der Waals surface area (Å²) in [6, 6.07) is 11.7. The maximum absolute atomic E-state index is 3.92. The number of nitrogens with one attached hydrogen (secondary N) is 2.